The molecule has 1 aliphatic heterocycles. The number of nitrogens with zero attached hydrogens (tertiary/aromatic N) is 4. The highest BCUT2D eigenvalue weighted by Crippen LogP contribution is 2.29. The molecule has 0 bridgehead atoms. The molecule has 6 heteroatoms. The molecule has 1 saturated heterocycles. The van der Waals surface area contributed by atoms with Crippen LogP contribution in [-0.4, -0.2) is 46.6 Å². The molecule has 0 radical (unpaired) electrons. The van der Waals surface area contributed by atoms with Crippen LogP contribution in [0.1, 0.15) is 24.4 Å². The van der Waals surface area contributed by atoms with Gasteiger partial charge in [0.05, 0.1) is 18.7 Å². The summed E-state index contributed by atoms with van der Waals surface area (Å²) in [7, 11) is 1.70. The van der Waals surface area contributed by atoms with Crippen molar-refractivity contribution in [3.8, 4) is 17.1 Å². The Labute approximate surface area is 188 Å². The fourth-order valence-corrected chi connectivity index (χ4v) is 4.37. The molecule has 6 nitrogen and oxygen atoms in total. The number of pyridine rings is 1. The Morgan fingerprint density at radius 3 is 2.53 bits per heavy atom. The Morgan fingerprint density at radius 1 is 0.969 bits per heavy atom. The van der Waals surface area contributed by atoms with Crippen molar-refractivity contribution >= 4 is 16.7 Å². The van der Waals surface area contributed by atoms with Crippen LogP contribution < -0.4 is 10.1 Å². The molecule has 1 aliphatic rings. The molecule has 3 heterocycles. The van der Waals surface area contributed by atoms with Crippen LogP contribution >= 0.6 is 0 Å². The minimum Gasteiger partial charge on any atom is -0.497 e. The molecule has 2 aromatic heterocycles. The number of methoxy groups -OCH3 is 1. The predicted octanol–water partition coefficient (Wildman–Crippen LogP) is 4.95. The van der Waals surface area contributed by atoms with Gasteiger partial charge in [0.1, 0.15) is 11.6 Å². The Balaban J connectivity index is 1.47. The van der Waals surface area contributed by atoms with Crippen LogP contribution in [0.3, 0.4) is 0 Å². The second-order valence-corrected chi connectivity index (χ2v) is 8.07. The van der Waals surface area contributed by atoms with Gasteiger partial charge in [-0.1, -0.05) is 24.3 Å². The number of fused-ring (bicyclic) bond motifs is 1. The molecular formula is C26H27N5O. The molecule has 1 N–H and O–H groups in total. The summed E-state index contributed by atoms with van der Waals surface area (Å²) >= 11 is 0. The van der Waals surface area contributed by atoms with Crippen molar-refractivity contribution in [1.29, 1.82) is 0 Å². The van der Waals surface area contributed by atoms with Gasteiger partial charge in [0.15, 0.2) is 5.82 Å². The highest BCUT2D eigenvalue weighted by atomic mass is 16.5. The molecule has 1 fully saturated rings. The van der Waals surface area contributed by atoms with Crippen LogP contribution in [0, 0.1) is 0 Å². The maximum absolute atomic E-state index is 5.36. The monoisotopic (exact) mass is 425 g/mol. The topological polar surface area (TPSA) is 63.2 Å². The Kier molecular flexibility index (Phi) is 5.94. The van der Waals surface area contributed by atoms with Gasteiger partial charge in [-0.25, -0.2) is 9.97 Å². The van der Waals surface area contributed by atoms with E-state index in [0.717, 1.165) is 47.7 Å². The molecule has 162 valence electrons. The van der Waals surface area contributed by atoms with Gasteiger partial charge in [0, 0.05) is 29.9 Å². The van der Waals surface area contributed by atoms with Gasteiger partial charge in [-0.05, 0) is 67.9 Å². The molecular weight excluding hydrogens is 398 g/mol. The molecule has 0 saturated carbocycles. The van der Waals surface area contributed by atoms with Crippen molar-refractivity contribution in [2.75, 3.05) is 32.1 Å². The van der Waals surface area contributed by atoms with E-state index < -0.39 is 0 Å². The first-order chi connectivity index (χ1) is 15.8. The number of anilines is 1. The van der Waals surface area contributed by atoms with Crippen LogP contribution in [0.4, 0.5) is 5.82 Å². The predicted molar refractivity (Wildman–Crippen MR) is 128 cm³/mol. The largest absolute Gasteiger partial charge is 0.497 e. The molecule has 4 aromatic rings. The third-order valence-corrected chi connectivity index (χ3v) is 6.07. The van der Waals surface area contributed by atoms with Crippen LogP contribution in [-0.2, 0) is 0 Å². The number of likely N-dealkylation sites (tertiary alicyclic amines) is 1. The lowest BCUT2D eigenvalue weighted by atomic mass is 10.0. The number of benzene rings is 2. The third kappa shape index (κ3) is 4.27. The zero-order valence-corrected chi connectivity index (χ0v) is 18.2. The molecule has 32 heavy (non-hydrogen) atoms. The summed E-state index contributed by atoms with van der Waals surface area (Å²) in [5.41, 5.74) is 3.12. The maximum Gasteiger partial charge on any atom is 0.163 e. The summed E-state index contributed by atoms with van der Waals surface area (Å²) < 4.78 is 5.36. The number of hydrogen-bond donors (Lipinski definition) is 1. The van der Waals surface area contributed by atoms with E-state index in [9.17, 15) is 0 Å². The lowest BCUT2D eigenvalue weighted by Gasteiger charge is -2.28. The van der Waals surface area contributed by atoms with E-state index in [-0.39, 0.29) is 6.04 Å². The number of aromatic nitrogens is 3. The highest BCUT2D eigenvalue weighted by molar-refractivity contribution is 5.90. The van der Waals surface area contributed by atoms with Gasteiger partial charge in [-0.3, -0.25) is 9.88 Å². The smallest absolute Gasteiger partial charge is 0.163 e. The van der Waals surface area contributed by atoms with Gasteiger partial charge < -0.3 is 10.1 Å². The van der Waals surface area contributed by atoms with Crippen molar-refractivity contribution in [1.82, 2.24) is 19.9 Å². The number of rotatable bonds is 7. The second-order valence-electron chi connectivity index (χ2n) is 8.07. The molecule has 2 aromatic carbocycles. The van der Waals surface area contributed by atoms with E-state index in [1.54, 1.807) is 19.5 Å². The standard InChI is InChI=1S/C26H27N5O/c1-32-21-12-10-19(11-13-21)24(31-15-4-5-16-31)18-28-26-22-8-2-3-9-23(22)29-25(30-26)20-7-6-14-27-17-20/h2-3,6-14,17,24H,4-5,15-16,18H2,1H3,(H,28,29,30). The number of nitrogens with one attached hydrogen (secondary N) is 1. The van der Waals surface area contributed by atoms with Crippen molar-refractivity contribution < 1.29 is 4.74 Å². The summed E-state index contributed by atoms with van der Waals surface area (Å²) in [6, 6.07) is 20.7. The summed E-state index contributed by atoms with van der Waals surface area (Å²) in [6.07, 6.45) is 6.06. The second kappa shape index (κ2) is 9.32. The summed E-state index contributed by atoms with van der Waals surface area (Å²) in [5, 5.41) is 4.68. The first kappa shape index (κ1) is 20.4. The SMILES string of the molecule is COc1ccc(C(CNc2nc(-c3cccnc3)nc3ccccc23)N2CCCC2)cc1. The van der Waals surface area contributed by atoms with Gasteiger partial charge in [0.25, 0.3) is 0 Å². The molecule has 5 rings (SSSR count). The van der Waals surface area contributed by atoms with E-state index in [1.165, 1.54) is 18.4 Å². The zero-order chi connectivity index (χ0) is 21.8. The fourth-order valence-electron chi connectivity index (χ4n) is 4.37. The van der Waals surface area contributed by atoms with E-state index >= 15 is 0 Å². The first-order valence-electron chi connectivity index (χ1n) is 11.1. The first-order valence-corrected chi connectivity index (χ1v) is 11.1. The summed E-state index contributed by atoms with van der Waals surface area (Å²) in [6.45, 7) is 2.99. The fraction of sp³-hybridized carbons (Fsp3) is 0.269. The minimum atomic E-state index is 0.263. The average molecular weight is 426 g/mol. The maximum atomic E-state index is 5.36. The number of ether oxygens (including phenoxy) is 1. The summed E-state index contributed by atoms with van der Waals surface area (Å²) in [5.74, 6) is 2.42. The van der Waals surface area contributed by atoms with Crippen LogP contribution in [0.15, 0.2) is 73.1 Å². The average Bonchev–Trinajstić information content (AvgIpc) is 3.39. The van der Waals surface area contributed by atoms with Crippen molar-refractivity contribution in [2.24, 2.45) is 0 Å². The zero-order valence-electron chi connectivity index (χ0n) is 18.2. The molecule has 1 unspecified atom stereocenters. The van der Waals surface area contributed by atoms with E-state index in [2.05, 4.69) is 33.4 Å². The molecule has 0 spiro atoms. The number of para-hydroxylation sites is 1. The summed E-state index contributed by atoms with van der Waals surface area (Å²) in [4.78, 5) is 16.5. The normalized spacial score (nSPS) is 15.0. The van der Waals surface area contributed by atoms with Crippen LogP contribution in [0.2, 0.25) is 0 Å². The third-order valence-electron chi connectivity index (χ3n) is 6.07. The Hall–Kier alpha value is -3.51. The molecule has 1 atom stereocenters. The van der Waals surface area contributed by atoms with Crippen molar-refractivity contribution in [3.05, 3.63) is 78.6 Å². The lowest BCUT2D eigenvalue weighted by Crippen LogP contribution is -2.31. The Morgan fingerprint density at radius 2 is 1.78 bits per heavy atom. The minimum absolute atomic E-state index is 0.263. The van der Waals surface area contributed by atoms with Crippen LogP contribution in [0.5, 0.6) is 5.75 Å². The van der Waals surface area contributed by atoms with Gasteiger partial charge in [-0.2, -0.15) is 0 Å². The highest BCUT2D eigenvalue weighted by Gasteiger charge is 2.24. The Bertz CT molecular complexity index is 1170. The van der Waals surface area contributed by atoms with E-state index in [0.29, 0.717) is 5.82 Å². The lowest BCUT2D eigenvalue weighted by molar-refractivity contribution is 0.255. The van der Waals surface area contributed by atoms with Gasteiger partial charge in [-0.15, -0.1) is 0 Å². The van der Waals surface area contributed by atoms with E-state index in [4.69, 9.17) is 14.7 Å². The van der Waals surface area contributed by atoms with E-state index in [1.807, 2.05) is 42.5 Å². The quantitative estimate of drug-likeness (QED) is 0.452. The van der Waals surface area contributed by atoms with Crippen LogP contribution in [0.25, 0.3) is 22.3 Å². The van der Waals surface area contributed by atoms with Gasteiger partial charge >= 0.3 is 0 Å². The molecule has 0 aliphatic carbocycles. The van der Waals surface area contributed by atoms with Crippen molar-refractivity contribution in [3.63, 3.8) is 0 Å². The van der Waals surface area contributed by atoms with Gasteiger partial charge in [0.2, 0.25) is 0 Å². The molecule has 0 amide bonds. The number of hydrogen-bond acceptors (Lipinski definition) is 6. The van der Waals surface area contributed by atoms with Crippen molar-refractivity contribution in [2.45, 2.75) is 18.9 Å².